The molecule has 0 atom stereocenters. The molecule has 7 heteroatoms. The number of primary amides is 1. The highest BCUT2D eigenvalue weighted by molar-refractivity contribution is 5.96. The zero-order valence-electron chi connectivity index (χ0n) is 14.8. The first-order chi connectivity index (χ1) is 13.0. The first kappa shape index (κ1) is 19.7. The van der Waals surface area contributed by atoms with Gasteiger partial charge < -0.3 is 20.5 Å². The number of hydrogen-bond acceptors (Lipinski definition) is 5. The molecule has 0 heterocycles. The third-order valence-corrected chi connectivity index (χ3v) is 3.42. The van der Waals surface area contributed by atoms with Crippen LogP contribution in [0.4, 0.5) is 5.69 Å². The molecule has 140 valence electrons. The molecule has 2 aromatic rings. The van der Waals surface area contributed by atoms with Crippen LogP contribution in [-0.4, -0.2) is 31.0 Å². The van der Waals surface area contributed by atoms with Crippen molar-refractivity contribution in [1.29, 1.82) is 0 Å². The summed E-state index contributed by atoms with van der Waals surface area (Å²) in [6.45, 7) is 1.94. The lowest BCUT2D eigenvalue weighted by Crippen LogP contribution is -2.20. The number of rotatable bonds is 8. The van der Waals surface area contributed by atoms with Crippen molar-refractivity contribution >= 4 is 29.5 Å². The van der Waals surface area contributed by atoms with Crippen LogP contribution < -0.4 is 15.8 Å². The Morgan fingerprint density at radius 3 is 2.44 bits per heavy atom. The van der Waals surface area contributed by atoms with Crippen LogP contribution in [0.3, 0.4) is 0 Å². The van der Waals surface area contributed by atoms with E-state index in [4.69, 9.17) is 15.2 Å². The van der Waals surface area contributed by atoms with Crippen molar-refractivity contribution in [3.8, 4) is 5.75 Å². The summed E-state index contributed by atoms with van der Waals surface area (Å²) in [7, 11) is 0. The smallest absolute Gasteiger partial charge is 0.331 e. The third-order valence-electron chi connectivity index (χ3n) is 3.42. The van der Waals surface area contributed by atoms with Gasteiger partial charge in [0.15, 0.2) is 6.61 Å². The second-order valence-electron chi connectivity index (χ2n) is 5.40. The van der Waals surface area contributed by atoms with Gasteiger partial charge in [-0.2, -0.15) is 0 Å². The van der Waals surface area contributed by atoms with E-state index in [9.17, 15) is 14.4 Å². The van der Waals surface area contributed by atoms with E-state index in [0.717, 1.165) is 5.56 Å². The van der Waals surface area contributed by atoms with Crippen LogP contribution in [0, 0.1) is 0 Å². The Morgan fingerprint density at radius 1 is 1.07 bits per heavy atom. The predicted octanol–water partition coefficient (Wildman–Crippen LogP) is 2.38. The van der Waals surface area contributed by atoms with Gasteiger partial charge in [-0.15, -0.1) is 0 Å². The van der Waals surface area contributed by atoms with E-state index < -0.39 is 24.4 Å². The standard InChI is InChI=1S/C20H20N2O5/c1-2-26-17-6-4-3-5-14(17)9-12-19(24)27-13-18(23)22-16-10-7-15(8-11-16)20(21)25/h3-12H,2,13H2,1H3,(H2,21,25)(H,22,23)/b12-9+. The van der Waals surface area contributed by atoms with Crippen molar-refractivity contribution in [2.45, 2.75) is 6.92 Å². The summed E-state index contributed by atoms with van der Waals surface area (Å²) in [6, 6.07) is 13.3. The molecule has 27 heavy (non-hydrogen) atoms. The minimum atomic E-state index is -0.652. The number of hydrogen-bond donors (Lipinski definition) is 2. The highest BCUT2D eigenvalue weighted by Crippen LogP contribution is 2.19. The molecule has 3 N–H and O–H groups in total. The van der Waals surface area contributed by atoms with Gasteiger partial charge in [0, 0.05) is 22.9 Å². The van der Waals surface area contributed by atoms with Crippen molar-refractivity contribution in [3.63, 3.8) is 0 Å². The van der Waals surface area contributed by atoms with Gasteiger partial charge in [0.2, 0.25) is 5.91 Å². The maximum Gasteiger partial charge on any atom is 0.331 e. The Balaban J connectivity index is 1.84. The van der Waals surface area contributed by atoms with Crippen LogP contribution in [0.2, 0.25) is 0 Å². The van der Waals surface area contributed by atoms with E-state index in [1.807, 2.05) is 19.1 Å². The summed E-state index contributed by atoms with van der Waals surface area (Å²) in [6.07, 6.45) is 2.79. The van der Waals surface area contributed by atoms with Gasteiger partial charge in [-0.05, 0) is 43.3 Å². The lowest BCUT2D eigenvalue weighted by atomic mass is 10.2. The number of anilines is 1. The highest BCUT2D eigenvalue weighted by atomic mass is 16.5. The Morgan fingerprint density at radius 2 is 1.78 bits per heavy atom. The Kier molecular flexibility index (Phi) is 7.13. The number of nitrogens with two attached hydrogens (primary N) is 1. The average Bonchev–Trinajstić information content (AvgIpc) is 2.66. The van der Waals surface area contributed by atoms with E-state index in [0.29, 0.717) is 23.6 Å². The number of benzene rings is 2. The van der Waals surface area contributed by atoms with Gasteiger partial charge in [0.25, 0.3) is 5.91 Å². The second kappa shape index (κ2) is 9.76. The Bertz CT molecular complexity index is 844. The molecular formula is C20H20N2O5. The summed E-state index contributed by atoms with van der Waals surface area (Å²) in [5, 5.41) is 2.55. The first-order valence-corrected chi connectivity index (χ1v) is 8.26. The van der Waals surface area contributed by atoms with Crippen LogP contribution in [0.25, 0.3) is 6.08 Å². The largest absolute Gasteiger partial charge is 0.493 e. The number of carbonyl (C=O) groups is 3. The summed E-state index contributed by atoms with van der Waals surface area (Å²) >= 11 is 0. The molecule has 2 amide bonds. The number of amides is 2. The summed E-state index contributed by atoms with van der Waals surface area (Å²) in [5.74, 6) is -1.06. The SMILES string of the molecule is CCOc1ccccc1/C=C/C(=O)OCC(=O)Nc1ccc(C(N)=O)cc1. The van der Waals surface area contributed by atoms with Crippen LogP contribution in [0.1, 0.15) is 22.8 Å². The van der Waals surface area contributed by atoms with Crippen LogP contribution >= 0.6 is 0 Å². The summed E-state index contributed by atoms with van der Waals surface area (Å²) in [5.41, 5.74) is 6.67. The second-order valence-corrected chi connectivity index (χ2v) is 5.40. The predicted molar refractivity (Wildman–Crippen MR) is 101 cm³/mol. The van der Waals surface area contributed by atoms with E-state index in [-0.39, 0.29) is 0 Å². The fraction of sp³-hybridized carbons (Fsp3) is 0.150. The topological polar surface area (TPSA) is 108 Å². The molecule has 0 fully saturated rings. The maximum atomic E-state index is 11.8. The van der Waals surface area contributed by atoms with Gasteiger partial charge in [-0.25, -0.2) is 4.79 Å². The van der Waals surface area contributed by atoms with Gasteiger partial charge in [-0.3, -0.25) is 9.59 Å². The first-order valence-electron chi connectivity index (χ1n) is 8.26. The summed E-state index contributed by atoms with van der Waals surface area (Å²) in [4.78, 5) is 34.6. The normalized spacial score (nSPS) is 10.4. The molecule has 0 aliphatic heterocycles. The van der Waals surface area contributed by atoms with Gasteiger partial charge >= 0.3 is 5.97 Å². The van der Waals surface area contributed by atoms with E-state index >= 15 is 0 Å². The minimum absolute atomic E-state index is 0.330. The van der Waals surface area contributed by atoms with Crippen molar-refractivity contribution in [1.82, 2.24) is 0 Å². The highest BCUT2D eigenvalue weighted by Gasteiger charge is 2.07. The number of ether oxygens (including phenoxy) is 2. The van der Waals surface area contributed by atoms with Crippen molar-refractivity contribution < 1.29 is 23.9 Å². The molecule has 0 aliphatic carbocycles. The monoisotopic (exact) mass is 368 g/mol. The van der Waals surface area contributed by atoms with Gasteiger partial charge in [0.05, 0.1) is 6.61 Å². The number of carbonyl (C=O) groups excluding carboxylic acids is 3. The maximum absolute atomic E-state index is 11.8. The number of esters is 1. The minimum Gasteiger partial charge on any atom is -0.493 e. The molecule has 2 rings (SSSR count). The van der Waals surface area contributed by atoms with Crippen molar-refractivity contribution in [2.24, 2.45) is 5.73 Å². The Hall–Kier alpha value is -3.61. The molecule has 0 saturated heterocycles. The fourth-order valence-corrected chi connectivity index (χ4v) is 2.16. The van der Waals surface area contributed by atoms with Crippen molar-refractivity contribution in [3.05, 3.63) is 65.7 Å². The molecule has 0 unspecified atom stereocenters. The Labute approximate surface area is 156 Å². The summed E-state index contributed by atoms with van der Waals surface area (Å²) < 4.78 is 10.4. The quantitative estimate of drug-likeness (QED) is 0.549. The van der Waals surface area contributed by atoms with E-state index in [1.165, 1.54) is 30.3 Å². The van der Waals surface area contributed by atoms with Crippen LogP contribution in [0.5, 0.6) is 5.75 Å². The lowest BCUT2D eigenvalue weighted by molar-refractivity contribution is -0.142. The van der Waals surface area contributed by atoms with Gasteiger partial charge in [0.1, 0.15) is 5.75 Å². The molecule has 0 saturated carbocycles. The molecular weight excluding hydrogens is 348 g/mol. The average molecular weight is 368 g/mol. The van der Waals surface area contributed by atoms with Gasteiger partial charge in [-0.1, -0.05) is 18.2 Å². The fourth-order valence-electron chi connectivity index (χ4n) is 2.16. The molecule has 2 aromatic carbocycles. The van der Waals surface area contributed by atoms with E-state index in [1.54, 1.807) is 18.2 Å². The van der Waals surface area contributed by atoms with E-state index in [2.05, 4.69) is 5.32 Å². The van der Waals surface area contributed by atoms with Crippen LogP contribution in [0.15, 0.2) is 54.6 Å². The number of para-hydroxylation sites is 1. The molecule has 0 radical (unpaired) electrons. The van der Waals surface area contributed by atoms with Crippen LogP contribution in [-0.2, 0) is 14.3 Å². The number of nitrogens with one attached hydrogen (secondary N) is 1. The molecule has 7 nitrogen and oxygen atoms in total. The molecule has 0 aromatic heterocycles. The zero-order valence-corrected chi connectivity index (χ0v) is 14.8. The molecule has 0 spiro atoms. The van der Waals surface area contributed by atoms with Crippen molar-refractivity contribution in [2.75, 3.05) is 18.5 Å². The third kappa shape index (κ3) is 6.32. The zero-order chi connectivity index (χ0) is 19.6. The molecule has 0 aliphatic rings. The molecule has 0 bridgehead atoms. The lowest BCUT2D eigenvalue weighted by Gasteiger charge is -2.07.